The first kappa shape index (κ1) is 13.8. The quantitative estimate of drug-likeness (QED) is 0.775. The molecule has 21 heavy (non-hydrogen) atoms. The Morgan fingerprint density at radius 2 is 1.57 bits per heavy atom. The maximum absolute atomic E-state index is 9.59. The van der Waals surface area contributed by atoms with Crippen LogP contribution in [0.15, 0.2) is 54.6 Å². The molecule has 1 unspecified atom stereocenters. The fraction of sp³-hybridized carbons (Fsp3) is 0.125. The lowest BCUT2D eigenvalue weighted by molar-refractivity contribution is 0.276. The average molecular weight is 300 g/mol. The van der Waals surface area contributed by atoms with E-state index in [0.717, 1.165) is 16.6 Å². The smallest absolute Gasteiger partial charge is 0.172 e. The number of aliphatic hydroxyl groups is 1. The number of nitrogens with zero attached hydrogens (tertiary/aromatic N) is 2. The van der Waals surface area contributed by atoms with Crippen LogP contribution in [0.2, 0.25) is 5.15 Å². The lowest BCUT2D eigenvalue weighted by atomic mass is 10.1. The van der Waals surface area contributed by atoms with Crippen LogP contribution in [0.4, 0.5) is 5.82 Å². The normalized spacial score (nSPS) is 12.3. The lowest BCUT2D eigenvalue weighted by Gasteiger charge is -2.18. The highest BCUT2D eigenvalue weighted by atomic mass is 35.5. The van der Waals surface area contributed by atoms with Crippen molar-refractivity contribution >= 4 is 28.5 Å². The summed E-state index contributed by atoms with van der Waals surface area (Å²) < 4.78 is 0. The van der Waals surface area contributed by atoms with Gasteiger partial charge in [0.1, 0.15) is 0 Å². The van der Waals surface area contributed by atoms with Crippen molar-refractivity contribution in [3.05, 3.63) is 65.3 Å². The number of aromatic nitrogens is 2. The number of hydrogen-bond donors (Lipinski definition) is 2. The second kappa shape index (κ2) is 6.08. The summed E-state index contributed by atoms with van der Waals surface area (Å²) in [6.07, 6.45) is 0. The molecular weight excluding hydrogens is 286 g/mol. The molecule has 0 saturated carbocycles. The van der Waals surface area contributed by atoms with Gasteiger partial charge >= 0.3 is 0 Å². The van der Waals surface area contributed by atoms with Crippen LogP contribution in [0.1, 0.15) is 11.6 Å². The van der Waals surface area contributed by atoms with Crippen LogP contribution in [0, 0.1) is 0 Å². The third kappa shape index (κ3) is 2.96. The molecule has 2 N–H and O–H groups in total. The largest absolute Gasteiger partial charge is 0.394 e. The third-order valence-electron chi connectivity index (χ3n) is 3.22. The van der Waals surface area contributed by atoms with Crippen LogP contribution in [0.25, 0.3) is 11.0 Å². The molecule has 0 aliphatic rings. The fourth-order valence-corrected chi connectivity index (χ4v) is 2.34. The minimum absolute atomic E-state index is 0.0607. The van der Waals surface area contributed by atoms with Crippen molar-refractivity contribution in [2.75, 3.05) is 11.9 Å². The first-order chi connectivity index (χ1) is 10.3. The Hall–Kier alpha value is -2.17. The van der Waals surface area contributed by atoms with Gasteiger partial charge in [-0.2, -0.15) is 0 Å². The number of halogens is 1. The molecule has 3 rings (SSSR count). The lowest BCUT2D eigenvalue weighted by Crippen LogP contribution is -2.16. The number of rotatable bonds is 4. The Balaban J connectivity index is 1.95. The van der Waals surface area contributed by atoms with Crippen molar-refractivity contribution in [3.8, 4) is 0 Å². The zero-order valence-corrected chi connectivity index (χ0v) is 12.0. The number of fused-ring (bicyclic) bond motifs is 1. The van der Waals surface area contributed by atoms with Gasteiger partial charge in [-0.25, -0.2) is 9.97 Å². The summed E-state index contributed by atoms with van der Waals surface area (Å²) >= 11 is 6.17. The summed E-state index contributed by atoms with van der Waals surface area (Å²) in [5, 5.41) is 13.0. The maximum atomic E-state index is 9.59. The Morgan fingerprint density at radius 3 is 2.24 bits per heavy atom. The average Bonchev–Trinajstić information content (AvgIpc) is 2.53. The van der Waals surface area contributed by atoms with Gasteiger partial charge in [0.15, 0.2) is 11.0 Å². The number of para-hydroxylation sites is 2. The predicted octanol–water partition coefficient (Wildman–Crippen LogP) is 3.43. The maximum Gasteiger partial charge on any atom is 0.172 e. The van der Waals surface area contributed by atoms with Crippen molar-refractivity contribution < 1.29 is 5.11 Å². The van der Waals surface area contributed by atoms with E-state index >= 15 is 0 Å². The van der Waals surface area contributed by atoms with Crippen LogP contribution in [-0.4, -0.2) is 21.7 Å². The van der Waals surface area contributed by atoms with E-state index in [1.807, 2.05) is 54.6 Å². The molecule has 2 aromatic carbocycles. The van der Waals surface area contributed by atoms with E-state index in [2.05, 4.69) is 15.3 Å². The molecule has 5 heteroatoms. The van der Waals surface area contributed by atoms with Gasteiger partial charge in [-0.05, 0) is 17.7 Å². The van der Waals surface area contributed by atoms with Crippen molar-refractivity contribution in [2.45, 2.75) is 6.04 Å². The molecule has 0 saturated heterocycles. The van der Waals surface area contributed by atoms with Gasteiger partial charge in [-0.15, -0.1) is 0 Å². The van der Waals surface area contributed by atoms with E-state index < -0.39 is 0 Å². The summed E-state index contributed by atoms with van der Waals surface area (Å²) in [6.45, 7) is -0.0607. The molecule has 106 valence electrons. The SMILES string of the molecule is OCC(Nc1nc2ccccc2nc1Cl)c1ccccc1. The second-order valence-corrected chi connectivity index (χ2v) is 5.00. The standard InChI is InChI=1S/C16H14ClN3O/c17-15-16(19-13-9-5-4-8-12(13)18-15)20-14(10-21)11-6-2-1-3-7-11/h1-9,14,21H,10H2,(H,19,20). The molecule has 0 aliphatic heterocycles. The minimum Gasteiger partial charge on any atom is -0.394 e. The first-order valence-electron chi connectivity index (χ1n) is 6.62. The van der Waals surface area contributed by atoms with Crippen molar-refractivity contribution in [2.24, 2.45) is 0 Å². The highest BCUT2D eigenvalue weighted by Crippen LogP contribution is 2.25. The molecule has 0 spiro atoms. The molecule has 0 amide bonds. The number of benzene rings is 2. The molecular formula is C16H14ClN3O. The van der Waals surface area contributed by atoms with E-state index in [1.165, 1.54) is 0 Å². The number of nitrogens with one attached hydrogen (secondary N) is 1. The number of anilines is 1. The molecule has 0 aliphatic carbocycles. The van der Waals surface area contributed by atoms with Gasteiger partial charge in [-0.3, -0.25) is 0 Å². The summed E-state index contributed by atoms with van der Waals surface area (Å²) in [7, 11) is 0. The topological polar surface area (TPSA) is 58.0 Å². The van der Waals surface area contributed by atoms with Crippen molar-refractivity contribution in [3.63, 3.8) is 0 Å². The van der Waals surface area contributed by atoms with Gasteiger partial charge < -0.3 is 10.4 Å². The number of hydrogen-bond acceptors (Lipinski definition) is 4. The van der Waals surface area contributed by atoms with E-state index in [0.29, 0.717) is 11.0 Å². The van der Waals surface area contributed by atoms with Gasteiger partial charge in [0.2, 0.25) is 0 Å². The monoisotopic (exact) mass is 299 g/mol. The molecule has 0 radical (unpaired) electrons. The van der Waals surface area contributed by atoms with Gasteiger partial charge in [-0.1, -0.05) is 54.1 Å². The highest BCUT2D eigenvalue weighted by molar-refractivity contribution is 6.32. The van der Waals surface area contributed by atoms with E-state index in [1.54, 1.807) is 0 Å². The Morgan fingerprint density at radius 1 is 0.952 bits per heavy atom. The van der Waals surface area contributed by atoms with Crippen LogP contribution in [0.5, 0.6) is 0 Å². The fourth-order valence-electron chi connectivity index (χ4n) is 2.16. The molecule has 4 nitrogen and oxygen atoms in total. The summed E-state index contributed by atoms with van der Waals surface area (Å²) in [4.78, 5) is 8.79. The van der Waals surface area contributed by atoms with Gasteiger partial charge in [0, 0.05) is 0 Å². The minimum atomic E-state index is -0.279. The summed E-state index contributed by atoms with van der Waals surface area (Å²) in [6, 6.07) is 16.9. The van der Waals surface area contributed by atoms with Crippen LogP contribution in [-0.2, 0) is 0 Å². The molecule has 0 fully saturated rings. The third-order valence-corrected chi connectivity index (χ3v) is 3.49. The molecule has 3 aromatic rings. The van der Waals surface area contributed by atoms with Gasteiger partial charge in [0.05, 0.1) is 23.7 Å². The zero-order valence-electron chi connectivity index (χ0n) is 11.2. The summed E-state index contributed by atoms with van der Waals surface area (Å²) in [5.74, 6) is 0.471. The zero-order chi connectivity index (χ0) is 14.7. The Labute approximate surface area is 127 Å². The Bertz CT molecular complexity index is 749. The van der Waals surface area contributed by atoms with E-state index in [-0.39, 0.29) is 12.6 Å². The highest BCUT2D eigenvalue weighted by Gasteiger charge is 2.14. The van der Waals surface area contributed by atoms with Gasteiger partial charge in [0.25, 0.3) is 0 Å². The van der Waals surface area contributed by atoms with Crippen molar-refractivity contribution in [1.29, 1.82) is 0 Å². The Kier molecular flexibility index (Phi) is 3.99. The predicted molar refractivity (Wildman–Crippen MR) is 84.4 cm³/mol. The van der Waals surface area contributed by atoms with Crippen LogP contribution in [0.3, 0.4) is 0 Å². The summed E-state index contributed by atoms with van der Waals surface area (Å²) in [5.41, 5.74) is 2.47. The number of aliphatic hydroxyl groups excluding tert-OH is 1. The first-order valence-corrected chi connectivity index (χ1v) is 7.00. The second-order valence-electron chi connectivity index (χ2n) is 4.64. The molecule has 1 aromatic heterocycles. The molecule has 1 heterocycles. The van der Waals surface area contributed by atoms with Crippen molar-refractivity contribution in [1.82, 2.24) is 9.97 Å². The van der Waals surface area contributed by atoms with Crippen LogP contribution < -0.4 is 5.32 Å². The van der Waals surface area contributed by atoms with E-state index in [4.69, 9.17) is 11.6 Å². The van der Waals surface area contributed by atoms with E-state index in [9.17, 15) is 5.11 Å². The molecule has 0 bridgehead atoms. The molecule has 1 atom stereocenters. The van der Waals surface area contributed by atoms with Crippen LogP contribution >= 0.6 is 11.6 Å².